The highest BCUT2D eigenvalue weighted by Crippen LogP contribution is 2.20. The van der Waals surface area contributed by atoms with Gasteiger partial charge in [0.1, 0.15) is 18.0 Å². The second-order valence-electron chi connectivity index (χ2n) is 7.00. The van der Waals surface area contributed by atoms with E-state index in [1.54, 1.807) is 0 Å². The number of nitrogens with zero attached hydrogens (tertiary/aromatic N) is 2. The van der Waals surface area contributed by atoms with Gasteiger partial charge >= 0.3 is 0 Å². The van der Waals surface area contributed by atoms with Gasteiger partial charge in [-0.25, -0.2) is 0 Å². The van der Waals surface area contributed by atoms with Crippen molar-refractivity contribution in [2.75, 3.05) is 32.9 Å². The Morgan fingerprint density at radius 3 is 2.72 bits per heavy atom. The van der Waals surface area contributed by atoms with Crippen LogP contribution in [0.2, 0.25) is 0 Å². The molecule has 1 aromatic heterocycles. The fourth-order valence-corrected chi connectivity index (χ4v) is 3.10. The van der Waals surface area contributed by atoms with E-state index in [4.69, 9.17) is 9.47 Å². The Bertz CT molecular complexity index is 679. The van der Waals surface area contributed by atoms with Crippen molar-refractivity contribution in [3.8, 4) is 5.75 Å². The van der Waals surface area contributed by atoms with E-state index in [-0.39, 0.29) is 13.2 Å². The van der Waals surface area contributed by atoms with Gasteiger partial charge in [-0.3, -0.25) is 10.00 Å². The van der Waals surface area contributed by atoms with E-state index in [9.17, 15) is 5.11 Å². The topological polar surface area (TPSA) is 70.6 Å². The molecule has 0 amide bonds. The minimum Gasteiger partial charge on any atom is -0.490 e. The maximum absolute atomic E-state index is 11.0. The molecule has 1 fully saturated rings. The molecule has 3 rings (SSSR count). The molecular formula is C19H27N3O3. The summed E-state index contributed by atoms with van der Waals surface area (Å²) in [5, 5.41) is 18.3. The number of benzene rings is 1. The van der Waals surface area contributed by atoms with Crippen molar-refractivity contribution in [3.05, 3.63) is 46.8 Å². The highest BCUT2D eigenvalue weighted by atomic mass is 16.5. The molecule has 1 atom stereocenters. The molecule has 1 saturated heterocycles. The maximum atomic E-state index is 11.0. The summed E-state index contributed by atoms with van der Waals surface area (Å²) in [6.45, 7) is 9.16. The molecule has 6 nitrogen and oxygen atoms in total. The molecule has 0 spiro atoms. The Hall–Kier alpha value is -1.89. The minimum atomic E-state index is -1.03. The third-order valence-electron chi connectivity index (χ3n) is 4.63. The number of H-pyrrole nitrogens is 1. The maximum Gasteiger partial charge on any atom is 0.134 e. The van der Waals surface area contributed by atoms with Crippen LogP contribution in [0.3, 0.4) is 0 Å². The fourth-order valence-electron chi connectivity index (χ4n) is 3.10. The zero-order valence-corrected chi connectivity index (χ0v) is 15.2. The lowest BCUT2D eigenvalue weighted by molar-refractivity contribution is -0.0646. The highest BCUT2D eigenvalue weighted by Gasteiger charge is 2.34. The van der Waals surface area contributed by atoms with Crippen molar-refractivity contribution in [2.45, 2.75) is 32.9 Å². The van der Waals surface area contributed by atoms with Crippen LogP contribution < -0.4 is 4.74 Å². The van der Waals surface area contributed by atoms with Gasteiger partial charge in [0, 0.05) is 30.9 Å². The largest absolute Gasteiger partial charge is 0.490 e. The molecule has 0 aliphatic carbocycles. The molecule has 1 unspecified atom stereocenters. The van der Waals surface area contributed by atoms with Crippen LogP contribution in [0.5, 0.6) is 5.75 Å². The normalized spacial score (nSPS) is 21.9. The Kier molecular flexibility index (Phi) is 5.42. The summed E-state index contributed by atoms with van der Waals surface area (Å²) in [4.78, 5) is 2.20. The second kappa shape index (κ2) is 7.56. The predicted octanol–water partition coefficient (Wildman–Crippen LogP) is 1.98. The summed E-state index contributed by atoms with van der Waals surface area (Å²) in [6, 6.07) is 7.85. The summed E-state index contributed by atoms with van der Waals surface area (Å²) in [6.07, 6.45) is 0. The van der Waals surface area contributed by atoms with Crippen LogP contribution in [0.15, 0.2) is 24.3 Å². The summed E-state index contributed by atoms with van der Waals surface area (Å²) in [5.74, 6) is 0.761. The molecule has 0 bridgehead atoms. The number of aryl methyl sites for hydroxylation is 3. The third kappa shape index (κ3) is 4.60. The first-order chi connectivity index (χ1) is 12.0. The first-order valence-electron chi connectivity index (χ1n) is 8.68. The average Bonchev–Trinajstić information content (AvgIpc) is 2.79. The lowest BCUT2D eigenvalue weighted by Crippen LogP contribution is -2.48. The Morgan fingerprint density at radius 1 is 1.28 bits per heavy atom. The summed E-state index contributed by atoms with van der Waals surface area (Å²) in [5.41, 5.74) is 3.40. The van der Waals surface area contributed by atoms with Crippen LogP contribution in [0.25, 0.3) is 0 Å². The number of hydrogen-bond acceptors (Lipinski definition) is 5. The molecular weight excluding hydrogens is 318 g/mol. The van der Waals surface area contributed by atoms with Crippen LogP contribution in [-0.4, -0.2) is 58.7 Å². The standard InChI is InChI=1S/C19H27N3O3/c1-14-4-6-17(7-5-14)25-13-19(23)11-22(8-9-24-12-19)10-18-15(2)20-21-16(18)3/h4-7,23H,8-13H2,1-3H3,(H,20,21). The van der Waals surface area contributed by atoms with Crippen LogP contribution in [0, 0.1) is 20.8 Å². The molecule has 0 saturated carbocycles. The average molecular weight is 345 g/mol. The van der Waals surface area contributed by atoms with Crippen molar-refractivity contribution in [2.24, 2.45) is 0 Å². The van der Waals surface area contributed by atoms with Gasteiger partial charge in [0.05, 0.1) is 18.9 Å². The van der Waals surface area contributed by atoms with Crippen LogP contribution in [0.4, 0.5) is 0 Å². The number of aromatic nitrogens is 2. The van der Waals surface area contributed by atoms with Crippen molar-refractivity contribution < 1.29 is 14.6 Å². The molecule has 1 aliphatic rings. The van der Waals surface area contributed by atoms with Crippen molar-refractivity contribution >= 4 is 0 Å². The molecule has 0 radical (unpaired) electrons. The molecule has 136 valence electrons. The summed E-state index contributed by atoms with van der Waals surface area (Å²) >= 11 is 0. The number of ether oxygens (including phenoxy) is 2. The van der Waals surface area contributed by atoms with Gasteiger partial charge in [0.2, 0.25) is 0 Å². The van der Waals surface area contributed by atoms with Gasteiger partial charge in [-0.15, -0.1) is 0 Å². The minimum absolute atomic E-state index is 0.204. The lowest BCUT2D eigenvalue weighted by Gasteiger charge is -2.30. The summed E-state index contributed by atoms with van der Waals surface area (Å²) in [7, 11) is 0. The molecule has 1 aromatic carbocycles. The van der Waals surface area contributed by atoms with Crippen LogP contribution in [-0.2, 0) is 11.3 Å². The molecule has 1 aliphatic heterocycles. The highest BCUT2D eigenvalue weighted by molar-refractivity contribution is 5.26. The Morgan fingerprint density at radius 2 is 2.04 bits per heavy atom. The zero-order chi connectivity index (χ0) is 17.9. The molecule has 25 heavy (non-hydrogen) atoms. The quantitative estimate of drug-likeness (QED) is 0.867. The van der Waals surface area contributed by atoms with Crippen molar-refractivity contribution in [3.63, 3.8) is 0 Å². The third-order valence-corrected chi connectivity index (χ3v) is 4.63. The molecule has 2 aromatic rings. The van der Waals surface area contributed by atoms with E-state index < -0.39 is 5.60 Å². The van der Waals surface area contributed by atoms with Crippen LogP contribution in [0.1, 0.15) is 22.5 Å². The smallest absolute Gasteiger partial charge is 0.134 e. The second-order valence-corrected chi connectivity index (χ2v) is 7.00. The fraction of sp³-hybridized carbons (Fsp3) is 0.526. The van der Waals surface area contributed by atoms with E-state index in [1.807, 2.05) is 45.0 Å². The molecule has 2 N–H and O–H groups in total. The lowest BCUT2D eigenvalue weighted by atomic mass is 10.1. The number of rotatable bonds is 5. The number of hydrogen-bond donors (Lipinski definition) is 2. The van der Waals surface area contributed by atoms with E-state index in [1.165, 1.54) is 11.1 Å². The zero-order valence-electron chi connectivity index (χ0n) is 15.2. The Balaban J connectivity index is 1.64. The number of β-amino-alcohol motifs (C(OH)–C–C–N with tert-alkyl or cyclic N) is 1. The first-order valence-corrected chi connectivity index (χ1v) is 8.68. The van der Waals surface area contributed by atoms with Gasteiger partial charge in [0.15, 0.2) is 0 Å². The van der Waals surface area contributed by atoms with E-state index in [0.29, 0.717) is 13.2 Å². The number of nitrogens with one attached hydrogen (secondary N) is 1. The van der Waals surface area contributed by atoms with E-state index in [0.717, 1.165) is 30.2 Å². The molecule has 6 heteroatoms. The van der Waals surface area contributed by atoms with Crippen molar-refractivity contribution in [1.82, 2.24) is 15.1 Å². The predicted molar refractivity (Wildman–Crippen MR) is 95.8 cm³/mol. The van der Waals surface area contributed by atoms with E-state index >= 15 is 0 Å². The van der Waals surface area contributed by atoms with Crippen LogP contribution >= 0.6 is 0 Å². The van der Waals surface area contributed by atoms with Gasteiger partial charge in [0.25, 0.3) is 0 Å². The van der Waals surface area contributed by atoms with Crippen molar-refractivity contribution in [1.29, 1.82) is 0 Å². The Labute approximate surface area is 148 Å². The molecule has 2 heterocycles. The van der Waals surface area contributed by atoms with Gasteiger partial charge in [-0.05, 0) is 32.9 Å². The van der Waals surface area contributed by atoms with E-state index in [2.05, 4.69) is 15.1 Å². The van der Waals surface area contributed by atoms with Gasteiger partial charge in [-0.1, -0.05) is 17.7 Å². The van der Waals surface area contributed by atoms with Gasteiger partial charge in [-0.2, -0.15) is 5.10 Å². The monoisotopic (exact) mass is 345 g/mol. The number of aliphatic hydroxyl groups is 1. The SMILES string of the molecule is Cc1ccc(OCC2(O)COCCN(Cc3c(C)n[nH]c3C)C2)cc1. The van der Waals surface area contributed by atoms with Gasteiger partial charge < -0.3 is 14.6 Å². The first kappa shape index (κ1) is 17.9. The summed E-state index contributed by atoms with van der Waals surface area (Å²) < 4.78 is 11.4. The number of aromatic amines is 1.